The zero-order valence-corrected chi connectivity index (χ0v) is 22.8. The molecule has 2 heterocycles. The summed E-state index contributed by atoms with van der Waals surface area (Å²) in [6.45, 7) is 0. The molecule has 0 nitrogen and oxygen atoms in total. The van der Waals surface area contributed by atoms with E-state index in [1.807, 2.05) is 23.5 Å². The van der Waals surface area contributed by atoms with Crippen LogP contribution in [0.5, 0.6) is 0 Å². The highest BCUT2D eigenvalue weighted by atomic mass is 32.2. The quantitative estimate of drug-likeness (QED) is 0.217. The summed E-state index contributed by atoms with van der Waals surface area (Å²) in [6, 6.07) is 53.7. The Morgan fingerprint density at radius 3 is 1.41 bits per heavy atom. The van der Waals surface area contributed by atoms with Gasteiger partial charge in [0.05, 0.1) is 5.41 Å². The van der Waals surface area contributed by atoms with Crippen LogP contribution in [-0.4, -0.2) is 0 Å². The molecule has 1 spiro atoms. The highest BCUT2D eigenvalue weighted by Gasteiger charge is 2.48. The van der Waals surface area contributed by atoms with Crippen LogP contribution >= 0.6 is 23.5 Å². The lowest BCUT2D eigenvalue weighted by molar-refractivity contribution is 0.667. The summed E-state index contributed by atoms with van der Waals surface area (Å²) in [5.74, 6) is 0. The monoisotopic (exact) mass is 532 g/mol. The highest BCUT2D eigenvalue weighted by molar-refractivity contribution is 8.00. The van der Waals surface area contributed by atoms with E-state index in [-0.39, 0.29) is 0 Å². The fourth-order valence-electron chi connectivity index (χ4n) is 6.29. The molecule has 8 rings (SSSR count). The van der Waals surface area contributed by atoms with E-state index in [1.54, 1.807) is 0 Å². The molecule has 0 bridgehead atoms. The molecular weight excluding hydrogens is 509 g/mol. The van der Waals surface area contributed by atoms with E-state index in [1.165, 1.54) is 64.1 Å². The van der Waals surface area contributed by atoms with Crippen molar-refractivity contribution in [1.29, 1.82) is 0 Å². The normalized spacial score (nSPS) is 16.6. The minimum Gasteiger partial charge on any atom is -0.0894 e. The summed E-state index contributed by atoms with van der Waals surface area (Å²) < 4.78 is 0. The first-order valence-corrected chi connectivity index (χ1v) is 14.9. The predicted octanol–water partition coefficient (Wildman–Crippen LogP) is 10.3. The van der Waals surface area contributed by atoms with Crippen LogP contribution in [0.3, 0.4) is 0 Å². The molecule has 0 fully saturated rings. The molecule has 1 unspecified atom stereocenters. The third-order valence-corrected chi connectivity index (χ3v) is 10.3. The van der Waals surface area contributed by atoms with E-state index in [4.69, 9.17) is 0 Å². The Kier molecular flexibility index (Phi) is 5.33. The molecular formula is C37H24S2. The highest BCUT2D eigenvalue weighted by Crippen LogP contribution is 2.62. The van der Waals surface area contributed by atoms with Crippen LogP contribution in [0.1, 0.15) is 22.3 Å². The lowest BCUT2D eigenvalue weighted by Crippen LogP contribution is -2.36. The minimum atomic E-state index is -0.394. The Labute approximate surface area is 237 Å². The summed E-state index contributed by atoms with van der Waals surface area (Å²) in [7, 11) is 0. The van der Waals surface area contributed by atoms with Gasteiger partial charge < -0.3 is 0 Å². The Hall–Kier alpha value is -3.98. The maximum atomic E-state index is 2.45. The third kappa shape index (κ3) is 3.49. The van der Waals surface area contributed by atoms with Crippen molar-refractivity contribution >= 4 is 23.5 Å². The Morgan fingerprint density at radius 1 is 0.308 bits per heavy atom. The molecule has 0 amide bonds. The molecule has 39 heavy (non-hydrogen) atoms. The van der Waals surface area contributed by atoms with Gasteiger partial charge in [-0.2, -0.15) is 0 Å². The zero-order valence-electron chi connectivity index (χ0n) is 21.2. The van der Waals surface area contributed by atoms with Crippen molar-refractivity contribution in [2.75, 3.05) is 0 Å². The summed E-state index contributed by atoms with van der Waals surface area (Å²) in [4.78, 5) is 5.31. The average molecular weight is 533 g/mol. The lowest BCUT2D eigenvalue weighted by Gasteiger charge is -2.45. The number of fused-ring (bicyclic) bond motifs is 8. The Bertz CT molecular complexity index is 1840. The molecule has 0 aromatic heterocycles. The molecule has 2 aliphatic rings. The van der Waals surface area contributed by atoms with Crippen molar-refractivity contribution in [3.05, 3.63) is 168 Å². The van der Waals surface area contributed by atoms with Crippen LogP contribution in [0.4, 0.5) is 0 Å². The van der Waals surface area contributed by atoms with Crippen molar-refractivity contribution in [2.24, 2.45) is 0 Å². The van der Waals surface area contributed by atoms with Crippen molar-refractivity contribution in [3.8, 4) is 22.3 Å². The first-order chi connectivity index (χ1) is 19.3. The second-order valence-corrected chi connectivity index (χ2v) is 12.3. The van der Waals surface area contributed by atoms with E-state index in [9.17, 15) is 0 Å². The van der Waals surface area contributed by atoms with Gasteiger partial charge >= 0.3 is 0 Å². The number of rotatable bonds is 2. The Balaban J connectivity index is 1.47. The van der Waals surface area contributed by atoms with Gasteiger partial charge in [-0.15, -0.1) is 0 Å². The second-order valence-electron chi connectivity index (χ2n) is 10.1. The van der Waals surface area contributed by atoms with Crippen LogP contribution in [0.15, 0.2) is 165 Å². The van der Waals surface area contributed by atoms with Crippen molar-refractivity contribution in [1.82, 2.24) is 0 Å². The fraction of sp³-hybridized carbons (Fsp3) is 0.0270. The molecule has 0 radical (unpaired) electrons. The van der Waals surface area contributed by atoms with Crippen molar-refractivity contribution < 1.29 is 0 Å². The molecule has 2 aliphatic heterocycles. The van der Waals surface area contributed by atoms with Crippen LogP contribution in [0, 0.1) is 0 Å². The van der Waals surface area contributed by atoms with Crippen molar-refractivity contribution in [2.45, 2.75) is 25.0 Å². The molecule has 6 aromatic carbocycles. The first-order valence-electron chi connectivity index (χ1n) is 13.3. The van der Waals surface area contributed by atoms with Crippen molar-refractivity contribution in [3.63, 3.8) is 0 Å². The third-order valence-electron chi connectivity index (χ3n) is 8.01. The molecule has 0 saturated heterocycles. The zero-order chi connectivity index (χ0) is 25.8. The molecule has 0 N–H and O–H groups in total. The molecule has 1 atom stereocenters. The summed E-state index contributed by atoms with van der Waals surface area (Å²) in [5, 5.41) is 0. The largest absolute Gasteiger partial charge is 0.0894 e. The molecule has 0 saturated carbocycles. The number of hydrogen-bond acceptors (Lipinski definition) is 2. The van der Waals surface area contributed by atoms with E-state index in [0.717, 1.165) is 0 Å². The average Bonchev–Trinajstić information content (AvgIpc) is 3.01. The topological polar surface area (TPSA) is 0 Å². The van der Waals surface area contributed by atoms with Crippen LogP contribution < -0.4 is 0 Å². The minimum absolute atomic E-state index is 0.394. The number of benzene rings is 6. The van der Waals surface area contributed by atoms with Crippen LogP contribution in [-0.2, 0) is 5.41 Å². The van der Waals surface area contributed by atoms with E-state index in [0.29, 0.717) is 0 Å². The van der Waals surface area contributed by atoms with Gasteiger partial charge in [-0.3, -0.25) is 0 Å². The first kappa shape index (κ1) is 23.0. The number of hydrogen-bond donors (Lipinski definition) is 0. The van der Waals surface area contributed by atoms with E-state index in [2.05, 4.69) is 146 Å². The SMILES string of the molecule is c1ccc(-c2ccc3c(c2)Sc2ccccc2C32c3ccccc3Sc3ccc(-c4ccccc4)cc32)cc1. The summed E-state index contributed by atoms with van der Waals surface area (Å²) in [6.07, 6.45) is 0. The van der Waals surface area contributed by atoms with E-state index >= 15 is 0 Å². The van der Waals surface area contributed by atoms with Gasteiger partial charge in [0, 0.05) is 19.6 Å². The predicted molar refractivity (Wildman–Crippen MR) is 164 cm³/mol. The maximum absolute atomic E-state index is 2.45. The summed E-state index contributed by atoms with van der Waals surface area (Å²) in [5.41, 5.74) is 10.1. The van der Waals surface area contributed by atoms with Crippen LogP contribution in [0.25, 0.3) is 22.3 Å². The summed E-state index contributed by atoms with van der Waals surface area (Å²) >= 11 is 3.80. The van der Waals surface area contributed by atoms with Gasteiger partial charge in [-0.1, -0.05) is 139 Å². The Morgan fingerprint density at radius 2 is 0.769 bits per heavy atom. The van der Waals surface area contributed by atoms with Crippen LogP contribution in [0.2, 0.25) is 0 Å². The second kappa shape index (κ2) is 9.05. The molecule has 0 aliphatic carbocycles. The standard InChI is InChI=1S/C37H24S2/c1-3-11-25(12-4-1)27-20-22-35-32(23-27)37(29-15-7-9-17-33(29)38-35)30-16-8-10-18-34(30)39-36-24-28(19-21-31(36)37)26-13-5-2-6-14-26/h1-24H. The van der Waals surface area contributed by atoms with Gasteiger partial charge in [-0.25, -0.2) is 0 Å². The van der Waals surface area contributed by atoms with Gasteiger partial charge in [0.2, 0.25) is 0 Å². The van der Waals surface area contributed by atoms with Gasteiger partial charge in [0.1, 0.15) is 0 Å². The van der Waals surface area contributed by atoms with E-state index < -0.39 is 5.41 Å². The molecule has 184 valence electrons. The lowest BCUT2D eigenvalue weighted by atomic mass is 9.64. The van der Waals surface area contributed by atoms with Gasteiger partial charge in [0.25, 0.3) is 0 Å². The molecule has 6 aromatic rings. The van der Waals surface area contributed by atoms with Gasteiger partial charge in [-0.05, 0) is 74.8 Å². The molecule has 2 heteroatoms. The smallest absolute Gasteiger partial charge is 0.0745 e. The fourth-order valence-corrected chi connectivity index (χ4v) is 8.69. The van der Waals surface area contributed by atoms with Gasteiger partial charge in [0.15, 0.2) is 0 Å². The maximum Gasteiger partial charge on any atom is 0.0745 e.